The second-order valence-corrected chi connectivity index (χ2v) is 7.30. The van der Waals surface area contributed by atoms with E-state index in [0.717, 1.165) is 5.56 Å². The zero-order valence-corrected chi connectivity index (χ0v) is 15.1. The van der Waals surface area contributed by atoms with Gasteiger partial charge in [-0.25, -0.2) is 8.42 Å². The van der Waals surface area contributed by atoms with Gasteiger partial charge in [0.25, 0.3) is 5.69 Å². The molecule has 0 aliphatic heterocycles. The van der Waals surface area contributed by atoms with Gasteiger partial charge in [0.05, 0.1) is 16.9 Å². The van der Waals surface area contributed by atoms with Gasteiger partial charge in [-0.1, -0.05) is 19.1 Å². The van der Waals surface area contributed by atoms with E-state index in [1.54, 1.807) is 39.2 Å². The van der Waals surface area contributed by atoms with Crippen molar-refractivity contribution in [1.82, 2.24) is 4.31 Å². The van der Waals surface area contributed by atoms with Crippen LogP contribution in [0.3, 0.4) is 0 Å². The Bertz CT molecular complexity index is 850. The molecule has 0 bridgehead atoms. The Hall–Kier alpha value is -2.45. The van der Waals surface area contributed by atoms with Gasteiger partial charge in [0.1, 0.15) is 5.75 Å². The van der Waals surface area contributed by atoms with Crippen molar-refractivity contribution in [3.8, 4) is 5.75 Å². The molecule has 25 heavy (non-hydrogen) atoms. The molecule has 8 heteroatoms. The predicted octanol–water partition coefficient (Wildman–Crippen LogP) is 3.38. The number of rotatable bonds is 7. The summed E-state index contributed by atoms with van der Waals surface area (Å²) in [6, 6.07) is 11.7. The third-order valence-electron chi connectivity index (χ3n) is 3.97. The van der Waals surface area contributed by atoms with E-state index in [9.17, 15) is 18.5 Å². The number of nitro benzene ring substituents is 1. The fourth-order valence-corrected chi connectivity index (χ4v) is 4.22. The Kier molecular flexibility index (Phi) is 5.76. The largest absolute Gasteiger partial charge is 0.497 e. The minimum Gasteiger partial charge on any atom is -0.497 e. The summed E-state index contributed by atoms with van der Waals surface area (Å²) in [5, 5.41) is 10.7. The van der Waals surface area contributed by atoms with Crippen LogP contribution in [0.2, 0.25) is 0 Å². The highest BCUT2D eigenvalue weighted by Crippen LogP contribution is 2.29. The molecule has 0 saturated heterocycles. The minimum absolute atomic E-state index is 0.0229. The fraction of sp³-hybridized carbons (Fsp3) is 0.294. The maximum absolute atomic E-state index is 12.9. The standard InChI is InChI=1S/C17H20N2O5S/c1-4-18(13(2)14-6-5-7-16(12-14)24-3)25(22,23)17-10-8-15(9-11-17)19(20)21/h5-13H,4H2,1-3H3/t13-/m0/s1. The van der Waals surface area contributed by atoms with Crippen LogP contribution in [0.1, 0.15) is 25.5 Å². The number of methoxy groups -OCH3 is 1. The van der Waals surface area contributed by atoms with Crippen molar-refractivity contribution in [3.05, 3.63) is 64.2 Å². The summed E-state index contributed by atoms with van der Waals surface area (Å²) >= 11 is 0. The van der Waals surface area contributed by atoms with Crippen molar-refractivity contribution in [3.63, 3.8) is 0 Å². The van der Waals surface area contributed by atoms with Gasteiger partial charge in [0.15, 0.2) is 0 Å². The van der Waals surface area contributed by atoms with Gasteiger partial charge in [-0.3, -0.25) is 10.1 Å². The van der Waals surface area contributed by atoms with Crippen molar-refractivity contribution in [2.45, 2.75) is 24.8 Å². The second kappa shape index (κ2) is 7.62. The molecule has 0 aromatic heterocycles. The van der Waals surface area contributed by atoms with Crippen LogP contribution in [-0.2, 0) is 10.0 Å². The predicted molar refractivity (Wildman–Crippen MR) is 94.1 cm³/mol. The topological polar surface area (TPSA) is 89.8 Å². The van der Waals surface area contributed by atoms with Gasteiger partial charge in [-0.2, -0.15) is 4.31 Å². The molecule has 0 radical (unpaired) electrons. The lowest BCUT2D eigenvalue weighted by atomic mass is 10.1. The molecule has 0 aliphatic carbocycles. The van der Waals surface area contributed by atoms with Crippen molar-refractivity contribution < 1.29 is 18.1 Å². The van der Waals surface area contributed by atoms with Gasteiger partial charge in [-0.15, -0.1) is 0 Å². The molecule has 0 amide bonds. The van der Waals surface area contributed by atoms with Crippen molar-refractivity contribution in [2.24, 2.45) is 0 Å². The lowest BCUT2D eigenvalue weighted by molar-refractivity contribution is -0.384. The lowest BCUT2D eigenvalue weighted by Crippen LogP contribution is -2.33. The Labute approximate surface area is 147 Å². The quantitative estimate of drug-likeness (QED) is 0.555. The molecule has 0 heterocycles. The Morgan fingerprint density at radius 2 is 1.84 bits per heavy atom. The van der Waals surface area contributed by atoms with Crippen LogP contribution in [0, 0.1) is 10.1 Å². The third-order valence-corrected chi connectivity index (χ3v) is 6.03. The molecule has 0 fully saturated rings. The molecule has 0 N–H and O–H groups in total. The van der Waals surface area contributed by atoms with E-state index in [1.165, 1.54) is 28.6 Å². The zero-order chi connectivity index (χ0) is 18.6. The van der Waals surface area contributed by atoms with E-state index in [1.807, 2.05) is 6.07 Å². The van der Waals surface area contributed by atoms with E-state index >= 15 is 0 Å². The minimum atomic E-state index is -3.79. The van der Waals surface area contributed by atoms with E-state index in [2.05, 4.69) is 0 Å². The first-order valence-corrected chi connectivity index (χ1v) is 9.15. The number of ether oxygens (including phenoxy) is 1. The number of benzene rings is 2. The Morgan fingerprint density at radius 3 is 2.36 bits per heavy atom. The summed E-state index contributed by atoms with van der Waals surface area (Å²) in [5.41, 5.74) is 0.648. The molecule has 2 rings (SSSR count). The fourth-order valence-electron chi connectivity index (χ4n) is 2.59. The van der Waals surface area contributed by atoms with Gasteiger partial charge in [-0.05, 0) is 36.8 Å². The monoisotopic (exact) mass is 364 g/mol. The van der Waals surface area contributed by atoms with E-state index in [0.29, 0.717) is 5.75 Å². The molecule has 7 nitrogen and oxygen atoms in total. The zero-order valence-electron chi connectivity index (χ0n) is 14.2. The summed E-state index contributed by atoms with van der Waals surface area (Å²) in [7, 11) is -2.24. The first kappa shape index (κ1) is 18.9. The molecule has 0 aliphatic rings. The average molecular weight is 364 g/mol. The van der Waals surface area contributed by atoms with Gasteiger partial charge < -0.3 is 4.74 Å². The van der Waals surface area contributed by atoms with E-state index in [4.69, 9.17) is 4.74 Å². The van der Waals surface area contributed by atoms with E-state index in [-0.39, 0.29) is 17.1 Å². The van der Waals surface area contributed by atoms with Gasteiger partial charge >= 0.3 is 0 Å². The van der Waals surface area contributed by atoms with Gasteiger partial charge in [0, 0.05) is 24.7 Å². The maximum Gasteiger partial charge on any atom is 0.269 e. The maximum atomic E-state index is 12.9. The Morgan fingerprint density at radius 1 is 1.20 bits per heavy atom. The highest BCUT2D eigenvalue weighted by Gasteiger charge is 2.29. The molecular weight excluding hydrogens is 344 g/mol. The summed E-state index contributed by atoms with van der Waals surface area (Å²) in [6.45, 7) is 3.80. The third kappa shape index (κ3) is 3.97. The number of nitrogens with zero attached hydrogens (tertiary/aromatic N) is 2. The van der Waals surface area contributed by atoms with Crippen LogP contribution in [0.15, 0.2) is 53.4 Å². The van der Waals surface area contributed by atoms with Crippen LogP contribution < -0.4 is 4.74 Å². The van der Waals surface area contributed by atoms with Gasteiger partial charge in [0.2, 0.25) is 10.0 Å². The van der Waals surface area contributed by atoms with Crippen LogP contribution in [-0.4, -0.2) is 31.3 Å². The first-order chi connectivity index (χ1) is 11.8. The highest BCUT2D eigenvalue weighted by molar-refractivity contribution is 7.89. The summed E-state index contributed by atoms with van der Waals surface area (Å²) < 4.78 is 32.4. The molecule has 0 spiro atoms. The van der Waals surface area contributed by atoms with Crippen molar-refractivity contribution in [1.29, 1.82) is 0 Å². The smallest absolute Gasteiger partial charge is 0.269 e. The highest BCUT2D eigenvalue weighted by atomic mass is 32.2. The molecule has 0 unspecified atom stereocenters. The van der Waals surface area contributed by atoms with Crippen LogP contribution in [0.5, 0.6) is 5.75 Å². The summed E-state index contributed by atoms with van der Waals surface area (Å²) in [6.07, 6.45) is 0. The Balaban J connectivity index is 2.38. The molecule has 134 valence electrons. The molecule has 1 atom stereocenters. The normalized spacial score (nSPS) is 12.8. The average Bonchev–Trinajstić information content (AvgIpc) is 2.62. The number of non-ortho nitro benzene ring substituents is 1. The second-order valence-electron chi connectivity index (χ2n) is 5.41. The van der Waals surface area contributed by atoms with Crippen LogP contribution >= 0.6 is 0 Å². The van der Waals surface area contributed by atoms with Crippen molar-refractivity contribution >= 4 is 15.7 Å². The van der Waals surface area contributed by atoms with Crippen molar-refractivity contribution in [2.75, 3.05) is 13.7 Å². The number of hydrogen-bond donors (Lipinski definition) is 0. The van der Waals surface area contributed by atoms with Crippen LogP contribution in [0.4, 0.5) is 5.69 Å². The molecule has 2 aromatic rings. The summed E-state index contributed by atoms with van der Waals surface area (Å²) in [5.74, 6) is 0.646. The number of hydrogen-bond acceptors (Lipinski definition) is 5. The SMILES string of the molecule is CCN([C@@H](C)c1cccc(OC)c1)S(=O)(=O)c1ccc([N+](=O)[O-])cc1. The number of sulfonamides is 1. The van der Waals surface area contributed by atoms with E-state index < -0.39 is 21.0 Å². The first-order valence-electron chi connectivity index (χ1n) is 7.71. The number of nitro groups is 1. The van der Waals surface area contributed by atoms with Crippen LogP contribution in [0.25, 0.3) is 0 Å². The lowest BCUT2D eigenvalue weighted by Gasteiger charge is -2.27. The molecule has 2 aromatic carbocycles. The molecular formula is C17H20N2O5S. The molecule has 0 saturated carbocycles. The summed E-state index contributed by atoms with van der Waals surface area (Å²) in [4.78, 5) is 10.2.